The fourth-order valence-electron chi connectivity index (χ4n) is 1.01. The summed E-state index contributed by atoms with van der Waals surface area (Å²) in [4.78, 5) is 8.01. The second kappa shape index (κ2) is 3.88. The van der Waals surface area contributed by atoms with Gasteiger partial charge in [-0.15, -0.1) is 0 Å². The van der Waals surface area contributed by atoms with Gasteiger partial charge in [-0.2, -0.15) is 5.23 Å². The van der Waals surface area contributed by atoms with Crippen molar-refractivity contribution in [3.8, 4) is 0 Å². The van der Waals surface area contributed by atoms with Crippen LogP contribution in [0.25, 0.3) is 0 Å². The van der Waals surface area contributed by atoms with Crippen LogP contribution in [0.5, 0.6) is 0 Å². The highest BCUT2D eigenvalue weighted by Crippen LogP contribution is 2.19. The summed E-state index contributed by atoms with van der Waals surface area (Å²) in [5.74, 6) is 0.649. The summed E-state index contributed by atoms with van der Waals surface area (Å²) in [5, 5.41) is 24.9. The third-order valence-electron chi connectivity index (χ3n) is 1.62. The zero-order chi connectivity index (χ0) is 9.97. The molecule has 0 amide bonds. The minimum absolute atomic E-state index is 0.214. The number of guanidine groups is 1. The number of aromatic nitrogens is 1. The van der Waals surface area contributed by atoms with Gasteiger partial charge in [0.1, 0.15) is 6.20 Å². The van der Waals surface area contributed by atoms with Crippen LogP contribution < -0.4 is 15.9 Å². The van der Waals surface area contributed by atoms with Gasteiger partial charge in [0.2, 0.25) is 5.00 Å². The maximum absolute atomic E-state index is 10.5. The normalized spacial score (nSPS) is 17.4. The van der Waals surface area contributed by atoms with E-state index in [-0.39, 0.29) is 5.00 Å². The summed E-state index contributed by atoms with van der Waals surface area (Å²) in [6.45, 7) is 1.54. The molecule has 1 aliphatic heterocycles. The number of nitrogens with zero attached hydrogens (tertiary/aromatic N) is 2. The molecule has 2 heterocycles. The van der Waals surface area contributed by atoms with Gasteiger partial charge in [0.15, 0.2) is 11.1 Å². The van der Waals surface area contributed by atoms with Crippen molar-refractivity contribution >= 4 is 27.4 Å². The predicted octanol–water partition coefficient (Wildman–Crippen LogP) is -1.08. The number of aliphatic imine (C=N–C) groups is 1. The Kier molecular flexibility index (Phi) is 2.59. The largest absolute Gasteiger partial charge is 0.594 e. The molecule has 1 unspecified atom stereocenters. The summed E-state index contributed by atoms with van der Waals surface area (Å²) in [6, 6.07) is 0. The number of hydrogen-bond acceptors (Lipinski definition) is 7. The van der Waals surface area contributed by atoms with Crippen LogP contribution in [0.2, 0.25) is 0 Å². The Balaban J connectivity index is 2.02. The van der Waals surface area contributed by atoms with Gasteiger partial charge in [0.25, 0.3) is 0 Å². The van der Waals surface area contributed by atoms with Crippen molar-refractivity contribution < 1.29 is 10.4 Å². The lowest BCUT2D eigenvalue weighted by atomic mass is 10.7. The molecule has 2 rings (SSSR count). The van der Waals surface area contributed by atoms with Crippen molar-refractivity contribution in [3.63, 3.8) is 0 Å². The van der Waals surface area contributed by atoms with Crippen LogP contribution in [0, 0.1) is 5.21 Å². The zero-order valence-electron chi connectivity index (χ0n) is 7.15. The molecule has 0 bridgehead atoms. The van der Waals surface area contributed by atoms with Gasteiger partial charge < -0.3 is 15.8 Å². The molecule has 0 spiro atoms. The fourth-order valence-corrected chi connectivity index (χ4v) is 1.67. The summed E-state index contributed by atoms with van der Waals surface area (Å²) in [6.07, 6.45) is 1.32. The van der Waals surface area contributed by atoms with Crippen molar-refractivity contribution in [2.24, 2.45) is 4.99 Å². The average molecular weight is 215 g/mol. The van der Waals surface area contributed by atoms with E-state index in [4.69, 9.17) is 5.21 Å². The molecule has 8 heteroatoms. The number of anilines is 1. The molecule has 1 aromatic heterocycles. The Bertz CT molecular complexity index is 350. The molecule has 0 aromatic carbocycles. The van der Waals surface area contributed by atoms with Crippen molar-refractivity contribution in [2.75, 3.05) is 18.4 Å². The summed E-state index contributed by atoms with van der Waals surface area (Å²) < 4.78 is 0. The highest BCUT2D eigenvalue weighted by atomic mass is 32.1. The van der Waals surface area contributed by atoms with E-state index in [0.29, 0.717) is 11.1 Å². The van der Waals surface area contributed by atoms with Crippen LogP contribution in [0.3, 0.4) is 0 Å². The smallest absolute Gasteiger partial charge is 0.241 e. The molecule has 4 N–H and O–H groups in total. The number of quaternary nitrogens is 1. The Morgan fingerprint density at radius 1 is 1.71 bits per heavy atom. The molecule has 0 saturated heterocycles. The Morgan fingerprint density at radius 3 is 3.14 bits per heavy atom. The van der Waals surface area contributed by atoms with Gasteiger partial charge in [0.05, 0.1) is 6.54 Å². The lowest BCUT2D eigenvalue weighted by Crippen LogP contribution is -2.98. The van der Waals surface area contributed by atoms with Crippen molar-refractivity contribution in [1.82, 2.24) is 10.3 Å². The number of nitrogens with one attached hydrogen (secondary N) is 3. The molecule has 14 heavy (non-hydrogen) atoms. The lowest BCUT2D eigenvalue weighted by Gasteiger charge is -2.06. The van der Waals surface area contributed by atoms with Gasteiger partial charge in [-0.25, -0.2) is 10.2 Å². The summed E-state index contributed by atoms with van der Waals surface area (Å²) in [7, 11) is 0. The SMILES string of the molecule is [O-][NH+](O)c1cnc(NC2=NCCN2)s1. The van der Waals surface area contributed by atoms with Gasteiger partial charge in [-0.1, -0.05) is 0 Å². The van der Waals surface area contributed by atoms with Crippen molar-refractivity contribution in [3.05, 3.63) is 11.4 Å². The fraction of sp³-hybridized carbons (Fsp3) is 0.333. The van der Waals surface area contributed by atoms with Gasteiger partial charge in [0, 0.05) is 6.54 Å². The van der Waals surface area contributed by atoms with Gasteiger partial charge in [-0.3, -0.25) is 4.99 Å². The first-order valence-electron chi connectivity index (χ1n) is 4.00. The zero-order valence-corrected chi connectivity index (χ0v) is 7.97. The first-order valence-corrected chi connectivity index (χ1v) is 4.82. The van der Waals surface area contributed by atoms with Crippen LogP contribution in [0.4, 0.5) is 10.1 Å². The van der Waals surface area contributed by atoms with E-state index in [1.807, 2.05) is 0 Å². The highest BCUT2D eigenvalue weighted by Gasteiger charge is 2.10. The van der Waals surface area contributed by atoms with E-state index < -0.39 is 5.23 Å². The van der Waals surface area contributed by atoms with Crippen LogP contribution in [-0.2, 0) is 0 Å². The van der Waals surface area contributed by atoms with Crippen molar-refractivity contribution in [2.45, 2.75) is 0 Å². The maximum Gasteiger partial charge on any atom is 0.241 e. The molecule has 0 radical (unpaired) electrons. The molecular formula is C6H9N5O2S. The third-order valence-corrected chi connectivity index (χ3v) is 2.52. The number of hydrogen-bond donors (Lipinski definition) is 4. The Hall–Kier alpha value is -1.22. The summed E-state index contributed by atoms with van der Waals surface area (Å²) >= 11 is 1.09. The van der Waals surface area contributed by atoms with E-state index >= 15 is 0 Å². The number of thiazole rings is 1. The molecule has 1 atom stereocenters. The monoisotopic (exact) mass is 215 g/mol. The third kappa shape index (κ3) is 1.99. The van der Waals surface area contributed by atoms with E-state index in [1.54, 1.807) is 0 Å². The molecule has 7 nitrogen and oxygen atoms in total. The minimum atomic E-state index is -0.961. The topological polar surface area (TPSA) is 97.0 Å². The van der Waals surface area contributed by atoms with E-state index in [0.717, 1.165) is 24.4 Å². The second-order valence-corrected chi connectivity index (χ2v) is 3.65. The number of rotatable bonds is 2. The predicted molar refractivity (Wildman–Crippen MR) is 51.8 cm³/mol. The molecule has 0 fully saturated rings. The van der Waals surface area contributed by atoms with Crippen molar-refractivity contribution in [1.29, 1.82) is 0 Å². The Labute approximate surface area is 83.6 Å². The van der Waals surface area contributed by atoms with Crippen LogP contribution in [0.1, 0.15) is 0 Å². The first-order chi connectivity index (χ1) is 6.75. The highest BCUT2D eigenvalue weighted by molar-refractivity contribution is 7.18. The molecular weight excluding hydrogens is 206 g/mol. The van der Waals surface area contributed by atoms with E-state index in [9.17, 15) is 5.21 Å². The first kappa shape index (κ1) is 9.34. The van der Waals surface area contributed by atoms with E-state index in [2.05, 4.69) is 20.6 Å². The molecule has 1 aromatic rings. The minimum Gasteiger partial charge on any atom is -0.594 e. The summed E-state index contributed by atoms with van der Waals surface area (Å²) in [5.41, 5.74) is 0. The molecule has 0 saturated carbocycles. The standard InChI is InChI=1S/C6H9N5O2S/c12-11(13)4-3-9-6(14-4)10-5-7-1-2-8-5/h3,11-12H,1-2H2,(H2,7,8,9,10). The van der Waals surface area contributed by atoms with Gasteiger partial charge in [-0.05, 0) is 11.3 Å². The van der Waals surface area contributed by atoms with E-state index in [1.165, 1.54) is 6.20 Å². The Morgan fingerprint density at radius 2 is 2.57 bits per heavy atom. The molecule has 0 aliphatic carbocycles. The maximum atomic E-state index is 10.5. The average Bonchev–Trinajstić information content (AvgIpc) is 2.75. The van der Waals surface area contributed by atoms with Gasteiger partial charge >= 0.3 is 0 Å². The lowest BCUT2D eigenvalue weighted by molar-refractivity contribution is -0.989. The van der Waals surface area contributed by atoms with Crippen LogP contribution in [0.15, 0.2) is 11.2 Å². The second-order valence-electron chi connectivity index (χ2n) is 2.62. The quantitative estimate of drug-likeness (QED) is 0.470. The molecule has 1 aliphatic rings. The van der Waals surface area contributed by atoms with Crippen LogP contribution in [-0.4, -0.2) is 29.2 Å². The molecule has 76 valence electrons. The van der Waals surface area contributed by atoms with Crippen LogP contribution >= 0.6 is 11.3 Å².